The number of nitrogen functional groups attached to an aromatic ring is 1. The molecule has 1 heterocycles. The van der Waals surface area contributed by atoms with Crippen molar-refractivity contribution in [1.82, 2.24) is 10.2 Å². The van der Waals surface area contributed by atoms with E-state index >= 15 is 0 Å². The molecule has 4 nitrogen and oxygen atoms in total. The largest absolute Gasteiger partial charge is 0.418 e. The Labute approximate surface area is 100 Å². The summed E-state index contributed by atoms with van der Waals surface area (Å²) in [6, 6.07) is 4.88. The van der Waals surface area contributed by atoms with E-state index in [9.17, 15) is 18.3 Å². The van der Waals surface area contributed by atoms with Crippen molar-refractivity contribution < 1.29 is 18.3 Å². The molecule has 2 aromatic rings. The monoisotopic (exact) mass is 257 g/mol. The van der Waals surface area contributed by atoms with Crippen molar-refractivity contribution in [3.8, 4) is 0 Å². The van der Waals surface area contributed by atoms with Gasteiger partial charge in [-0.2, -0.15) is 18.3 Å². The number of halogens is 3. The van der Waals surface area contributed by atoms with E-state index in [2.05, 4.69) is 10.2 Å². The van der Waals surface area contributed by atoms with Crippen molar-refractivity contribution in [2.45, 2.75) is 12.3 Å². The Hall–Kier alpha value is -2.02. The molecule has 0 radical (unpaired) electrons. The van der Waals surface area contributed by atoms with Crippen molar-refractivity contribution in [3.05, 3.63) is 47.3 Å². The van der Waals surface area contributed by atoms with Gasteiger partial charge in [-0.05, 0) is 12.1 Å². The Morgan fingerprint density at radius 1 is 1.28 bits per heavy atom. The topological polar surface area (TPSA) is 74.9 Å². The van der Waals surface area contributed by atoms with Gasteiger partial charge >= 0.3 is 6.18 Å². The number of rotatable bonds is 2. The van der Waals surface area contributed by atoms with Crippen LogP contribution >= 0.6 is 0 Å². The van der Waals surface area contributed by atoms with Crippen LogP contribution in [0.3, 0.4) is 0 Å². The van der Waals surface area contributed by atoms with Crippen LogP contribution in [-0.2, 0) is 6.18 Å². The van der Waals surface area contributed by atoms with Gasteiger partial charge in [0.25, 0.3) is 0 Å². The van der Waals surface area contributed by atoms with Crippen LogP contribution in [0.4, 0.5) is 18.9 Å². The number of nitrogens with two attached hydrogens (primary N) is 1. The molecule has 4 N–H and O–H groups in total. The Bertz CT molecular complexity index is 537. The molecule has 0 fully saturated rings. The van der Waals surface area contributed by atoms with Gasteiger partial charge in [0.2, 0.25) is 0 Å². The van der Waals surface area contributed by atoms with Gasteiger partial charge in [0.05, 0.1) is 16.9 Å². The Morgan fingerprint density at radius 2 is 2.00 bits per heavy atom. The fraction of sp³-hybridized carbons (Fsp3) is 0.182. The van der Waals surface area contributed by atoms with Crippen molar-refractivity contribution >= 4 is 5.69 Å². The maximum absolute atomic E-state index is 12.7. The van der Waals surface area contributed by atoms with E-state index in [1.807, 2.05) is 0 Å². The molecule has 1 atom stereocenters. The molecule has 1 unspecified atom stereocenters. The van der Waals surface area contributed by atoms with Crippen LogP contribution in [0.1, 0.15) is 22.9 Å². The molecular formula is C11H10F3N3O. The van der Waals surface area contributed by atoms with E-state index in [4.69, 9.17) is 5.73 Å². The lowest BCUT2D eigenvalue weighted by Crippen LogP contribution is -2.13. The molecule has 0 bridgehead atoms. The van der Waals surface area contributed by atoms with Gasteiger partial charge in [-0.15, -0.1) is 0 Å². The van der Waals surface area contributed by atoms with E-state index in [0.717, 1.165) is 6.07 Å². The number of aromatic amines is 1. The Kier molecular flexibility index (Phi) is 3.00. The highest BCUT2D eigenvalue weighted by Gasteiger charge is 2.34. The van der Waals surface area contributed by atoms with Gasteiger partial charge in [0, 0.05) is 11.8 Å². The molecular weight excluding hydrogens is 247 g/mol. The molecule has 0 spiro atoms. The first-order valence-electron chi connectivity index (χ1n) is 5.04. The second kappa shape index (κ2) is 4.34. The van der Waals surface area contributed by atoms with Crippen molar-refractivity contribution in [3.63, 3.8) is 0 Å². The molecule has 2 rings (SSSR count). The predicted molar refractivity (Wildman–Crippen MR) is 58.5 cm³/mol. The number of aliphatic hydroxyl groups is 1. The Morgan fingerprint density at radius 3 is 2.56 bits per heavy atom. The maximum atomic E-state index is 12.7. The van der Waals surface area contributed by atoms with Crippen LogP contribution in [0.5, 0.6) is 0 Å². The molecule has 0 saturated carbocycles. The number of hydrogen-bond donors (Lipinski definition) is 3. The third-order valence-corrected chi connectivity index (χ3v) is 2.56. The summed E-state index contributed by atoms with van der Waals surface area (Å²) in [5.41, 5.74) is 4.30. The number of benzene rings is 1. The third kappa shape index (κ3) is 2.17. The van der Waals surface area contributed by atoms with Crippen molar-refractivity contribution in [2.75, 3.05) is 5.73 Å². The summed E-state index contributed by atoms with van der Waals surface area (Å²) < 4.78 is 38.0. The summed E-state index contributed by atoms with van der Waals surface area (Å²) in [5, 5.41) is 16.0. The number of aliphatic hydroxyl groups excluding tert-OH is 1. The van der Waals surface area contributed by atoms with Crippen LogP contribution < -0.4 is 5.73 Å². The highest BCUT2D eigenvalue weighted by Crippen LogP contribution is 2.37. The van der Waals surface area contributed by atoms with E-state index in [1.165, 1.54) is 24.4 Å². The SMILES string of the molecule is Nc1c(C(O)c2ccn[nH]2)cccc1C(F)(F)F. The molecule has 0 aliphatic carbocycles. The second-order valence-corrected chi connectivity index (χ2v) is 3.72. The van der Waals surface area contributed by atoms with Gasteiger partial charge in [-0.25, -0.2) is 0 Å². The van der Waals surface area contributed by atoms with Crippen LogP contribution in [0, 0.1) is 0 Å². The summed E-state index contributed by atoms with van der Waals surface area (Å²) in [6.45, 7) is 0. The fourth-order valence-corrected chi connectivity index (χ4v) is 1.66. The molecule has 1 aromatic heterocycles. The average molecular weight is 257 g/mol. The molecule has 18 heavy (non-hydrogen) atoms. The van der Waals surface area contributed by atoms with E-state index in [0.29, 0.717) is 0 Å². The summed E-state index contributed by atoms with van der Waals surface area (Å²) in [5.74, 6) is 0. The number of hydrogen-bond acceptors (Lipinski definition) is 3. The molecule has 0 aliphatic heterocycles. The number of para-hydroxylation sites is 1. The molecule has 7 heteroatoms. The lowest BCUT2D eigenvalue weighted by molar-refractivity contribution is -0.137. The number of aromatic nitrogens is 2. The minimum atomic E-state index is -4.55. The molecule has 0 amide bonds. The minimum absolute atomic E-state index is 0.00549. The first-order valence-corrected chi connectivity index (χ1v) is 5.04. The lowest BCUT2D eigenvalue weighted by atomic mass is 10.0. The quantitative estimate of drug-likeness (QED) is 0.721. The Balaban J connectivity index is 2.47. The first kappa shape index (κ1) is 12.4. The summed E-state index contributed by atoms with van der Waals surface area (Å²) in [4.78, 5) is 0. The highest BCUT2D eigenvalue weighted by molar-refractivity contribution is 5.57. The predicted octanol–water partition coefficient (Wildman–Crippen LogP) is 2.09. The van der Waals surface area contributed by atoms with E-state index in [1.54, 1.807) is 0 Å². The average Bonchev–Trinajstić information content (AvgIpc) is 2.80. The van der Waals surface area contributed by atoms with Crippen LogP contribution in [0.25, 0.3) is 0 Å². The summed E-state index contributed by atoms with van der Waals surface area (Å²) in [6.07, 6.45) is -4.43. The van der Waals surface area contributed by atoms with E-state index in [-0.39, 0.29) is 11.3 Å². The number of anilines is 1. The zero-order chi connectivity index (χ0) is 13.3. The third-order valence-electron chi connectivity index (χ3n) is 2.56. The highest BCUT2D eigenvalue weighted by atomic mass is 19.4. The number of nitrogens with one attached hydrogen (secondary N) is 1. The zero-order valence-electron chi connectivity index (χ0n) is 9.07. The van der Waals surface area contributed by atoms with E-state index < -0.39 is 23.5 Å². The molecule has 0 aliphatic rings. The first-order chi connectivity index (χ1) is 8.41. The zero-order valence-corrected chi connectivity index (χ0v) is 9.07. The smallest absolute Gasteiger partial charge is 0.398 e. The van der Waals surface area contributed by atoms with Gasteiger partial charge in [0.1, 0.15) is 6.10 Å². The van der Waals surface area contributed by atoms with Crippen molar-refractivity contribution in [2.24, 2.45) is 0 Å². The molecule has 1 aromatic carbocycles. The van der Waals surface area contributed by atoms with Gasteiger partial charge in [-0.3, -0.25) is 5.10 Å². The normalized spacial score (nSPS) is 13.6. The number of alkyl halides is 3. The minimum Gasteiger partial charge on any atom is -0.398 e. The summed E-state index contributed by atoms with van der Waals surface area (Å²) in [7, 11) is 0. The molecule has 96 valence electrons. The number of H-pyrrole nitrogens is 1. The standard InChI is InChI=1S/C11H10F3N3O/c12-11(13,14)7-3-1-2-6(9(7)15)10(18)8-4-5-16-17-8/h1-5,10,18H,15H2,(H,16,17). The van der Waals surface area contributed by atoms with Crippen molar-refractivity contribution in [1.29, 1.82) is 0 Å². The van der Waals surface area contributed by atoms with Gasteiger partial charge in [-0.1, -0.05) is 12.1 Å². The lowest BCUT2D eigenvalue weighted by Gasteiger charge is -2.16. The van der Waals surface area contributed by atoms with Crippen LogP contribution in [0.2, 0.25) is 0 Å². The fourth-order valence-electron chi connectivity index (χ4n) is 1.66. The summed E-state index contributed by atoms with van der Waals surface area (Å²) >= 11 is 0. The van der Waals surface area contributed by atoms with Crippen LogP contribution in [-0.4, -0.2) is 15.3 Å². The second-order valence-electron chi connectivity index (χ2n) is 3.72. The van der Waals surface area contributed by atoms with Gasteiger partial charge < -0.3 is 10.8 Å². The van der Waals surface area contributed by atoms with Crippen LogP contribution in [0.15, 0.2) is 30.5 Å². The maximum Gasteiger partial charge on any atom is 0.418 e. The number of nitrogens with zero attached hydrogens (tertiary/aromatic N) is 1. The van der Waals surface area contributed by atoms with Gasteiger partial charge in [0.15, 0.2) is 0 Å². The molecule has 0 saturated heterocycles.